The molecule has 6 atom stereocenters. The zero-order valence-corrected chi connectivity index (χ0v) is 18.0. The largest absolute Gasteiger partial charge is 0.470 e. The molecule has 4 aliphatic rings. The summed E-state index contributed by atoms with van der Waals surface area (Å²) in [6.07, 6.45) is 7.79. The number of ketones is 2. The molecule has 3 saturated carbocycles. The highest BCUT2D eigenvalue weighted by atomic mass is 31.2. The molecule has 0 radical (unpaired) electrons. The Labute approximate surface area is 171 Å². The van der Waals surface area contributed by atoms with Gasteiger partial charge in [-0.25, -0.2) is 4.57 Å². The van der Waals surface area contributed by atoms with E-state index in [-0.39, 0.29) is 17.1 Å². The Morgan fingerprint density at radius 1 is 1.14 bits per heavy atom. The maximum Gasteiger partial charge on any atom is 0.470 e. The molecule has 7 nitrogen and oxygen atoms in total. The van der Waals surface area contributed by atoms with E-state index in [0.29, 0.717) is 31.1 Å². The zero-order valence-electron chi connectivity index (χ0n) is 17.1. The maximum atomic E-state index is 12.8. The standard InChI is InChI=1S/C21H31O7P/c1-19-8-5-14(22)11-13(19)3-4-15-16(19)6-9-20(2)17(15)7-10-21(20,24)18(23)12-28-29(25,26)27/h11,15-17,24H,3-10,12H2,1-2H3,(H2,25,26,27)/t15-,16+,17+,19+,20+,21+/m1/s1. The first-order valence-electron chi connectivity index (χ1n) is 10.6. The first-order valence-corrected chi connectivity index (χ1v) is 12.1. The van der Waals surface area contributed by atoms with Crippen LogP contribution in [0.4, 0.5) is 0 Å². The molecule has 4 rings (SSSR count). The number of aliphatic hydroxyl groups is 1. The van der Waals surface area contributed by atoms with Crippen LogP contribution in [0.2, 0.25) is 0 Å². The molecule has 0 unspecified atom stereocenters. The van der Waals surface area contributed by atoms with Crippen molar-refractivity contribution in [3.63, 3.8) is 0 Å². The van der Waals surface area contributed by atoms with E-state index in [9.17, 15) is 19.3 Å². The van der Waals surface area contributed by atoms with Crippen LogP contribution in [0, 0.1) is 28.6 Å². The summed E-state index contributed by atoms with van der Waals surface area (Å²) in [5, 5.41) is 11.4. The highest BCUT2D eigenvalue weighted by Gasteiger charge is 2.66. The van der Waals surface area contributed by atoms with Crippen LogP contribution in [0.1, 0.15) is 65.2 Å². The molecule has 0 heterocycles. The van der Waals surface area contributed by atoms with E-state index in [2.05, 4.69) is 11.4 Å². The minimum Gasteiger partial charge on any atom is -0.381 e. The number of carbonyl (C=O) groups is 2. The van der Waals surface area contributed by atoms with Crippen molar-refractivity contribution in [2.24, 2.45) is 28.6 Å². The molecule has 4 aliphatic carbocycles. The van der Waals surface area contributed by atoms with Gasteiger partial charge < -0.3 is 14.9 Å². The van der Waals surface area contributed by atoms with Gasteiger partial charge >= 0.3 is 7.82 Å². The van der Waals surface area contributed by atoms with Crippen molar-refractivity contribution in [1.82, 2.24) is 0 Å². The molecule has 3 fully saturated rings. The molecule has 162 valence electrons. The van der Waals surface area contributed by atoms with Crippen LogP contribution in [0.25, 0.3) is 0 Å². The Hall–Kier alpha value is -0.850. The zero-order chi connectivity index (χ0) is 21.2. The number of phosphoric ester groups is 1. The summed E-state index contributed by atoms with van der Waals surface area (Å²) in [5.74, 6) is 0.602. The number of allylic oxidation sites excluding steroid dienone is 1. The number of carbonyl (C=O) groups excluding carboxylic acids is 2. The molecular formula is C21H31O7P. The van der Waals surface area contributed by atoms with Gasteiger partial charge in [-0.2, -0.15) is 0 Å². The summed E-state index contributed by atoms with van der Waals surface area (Å²) < 4.78 is 15.4. The van der Waals surface area contributed by atoms with Crippen LogP contribution < -0.4 is 0 Å². The summed E-state index contributed by atoms with van der Waals surface area (Å²) in [5.41, 5.74) is -0.937. The van der Waals surface area contributed by atoms with Gasteiger partial charge in [0.05, 0.1) is 0 Å². The monoisotopic (exact) mass is 426 g/mol. The number of rotatable bonds is 4. The molecule has 0 saturated heterocycles. The van der Waals surface area contributed by atoms with Gasteiger partial charge in [0, 0.05) is 11.8 Å². The first-order chi connectivity index (χ1) is 13.4. The second-order valence-corrected chi connectivity index (χ2v) is 11.3. The van der Waals surface area contributed by atoms with Crippen LogP contribution in [-0.4, -0.2) is 38.7 Å². The number of hydrogen-bond donors (Lipinski definition) is 3. The fraction of sp³-hybridized carbons (Fsp3) is 0.810. The number of fused-ring (bicyclic) bond motifs is 5. The number of Topliss-reactive ketones (excluding diaryl/α,β-unsaturated/α-hetero) is 1. The molecule has 29 heavy (non-hydrogen) atoms. The van der Waals surface area contributed by atoms with E-state index >= 15 is 0 Å². The number of phosphoric acid groups is 1. The van der Waals surface area contributed by atoms with Crippen molar-refractivity contribution in [3.05, 3.63) is 11.6 Å². The van der Waals surface area contributed by atoms with Crippen LogP contribution in [0.15, 0.2) is 11.6 Å². The quantitative estimate of drug-likeness (QED) is 0.591. The first kappa shape index (κ1) is 21.4. The van der Waals surface area contributed by atoms with Gasteiger partial charge in [-0.05, 0) is 74.2 Å². The minimum absolute atomic E-state index is 0.0202. The van der Waals surface area contributed by atoms with Crippen molar-refractivity contribution < 1.29 is 33.6 Å². The summed E-state index contributed by atoms with van der Waals surface area (Å²) >= 11 is 0. The van der Waals surface area contributed by atoms with E-state index in [1.807, 2.05) is 13.0 Å². The molecule has 0 bridgehead atoms. The smallest absolute Gasteiger partial charge is 0.381 e. The molecule has 0 spiro atoms. The summed E-state index contributed by atoms with van der Waals surface area (Å²) in [6, 6.07) is 0. The van der Waals surface area contributed by atoms with Crippen LogP contribution in [0.3, 0.4) is 0 Å². The molecular weight excluding hydrogens is 395 g/mol. The Kier molecular flexibility index (Phi) is 5.03. The van der Waals surface area contributed by atoms with E-state index in [1.165, 1.54) is 5.57 Å². The van der Waals surface area contributed by atoms with E-state index in [1.54, 1.807) is 0 Å². The van der Waals surface area contributed by atoms with Crippen molar-refractivity contribution in [2.75, 3.05) is 6.61 Å². The molecule has 0 amide bonds. The average molecular weight is 426 g/mol. The van der Waals surface area contributed by atoms with Crippen LogP contribution >= 0.6 is 7.82 Å². The lowest BCUT2D eigenvalue weighted by molar-refractivity contribution is -0.164. The van der Waals surface area contributed by atoms with E-state index < -0.39 is 31.2 Å². The third-order valence-corrected chi connectivity index (χ3v) is 9.40. The van der Waals surface area contributed by atoms with Crippen molar-refractivity contribution in [1.29, 1.82) is 0 Å². The predicted molar refractivity (Wildman–Crippen MR) is 105 cm³/mol. The van der Waals surface area contributed by atoms with Crippen molar-refractivity contribution in [3.8, 4) is 0 Å². The Balaban J connectivity index is 1.59. The van der Waals surface area contributed by atoms with Gasteiger partial charge in [0.25, 0.3) is 0 Å². The van der Waals surface area contributed by atoms with Gasteiger partial charge in [-0.3, -0.25) is 14.1 Å². The lowest BCUT2D eigenvalue weighted by Gasteiger charge is -2.58. The predicted octanol–water partition coefficient (Wildman–Crippen LogP) is 2.93. The van der Waals surface area contributed by atoms with Gasteiger partial charge in [-0.1, -0.05) is 19.4 Å². The summed E-state index contributed by atoms with van der Waals surface area (Å²) in [4.78, 5) is 42.6. The van der Waals surface area contributed by atoms with Crippen molar-refractivity contribution >= 4 is 19.4 Å². The Morgan fingerprint density at radius 3 is 2.52 bits per heavy atom. The SMILES string of the molecule is C[C@]12CCC(=O)C=C1CC[C@@H]1[C@@H]2CC[C@@]2(C)[C@H]1CC[C@]2(O)C(=O)COP(=O)(O)O. The van der Waals surface area contributed by atoms with Gasteiger partial charge in [0.2, 0.25) is 0 Å². The second kappa shape index (κ2) is 6.83. The van der Waals surface area contributed by atoms with Crippen molar-refractivity contribution in [2.45, 2.75) is 70.8 Å². The summed E-state index contributed by atoms with van der Waals surface area (Å²) in [7, 11) is -4.77. The highest BCUT2D eigenvalue weighted by Crippen LogP contribution is 2.67. The molecule has 0 aromatic rings. The third kappa shape index (κ3) is 3.21. The molecule has 0 aliphatic heterocycles. The van der Waals surface area contributed by atoms with E-state index in [0.717, 1.165) is 32.1 Å². The number of hydrogen-bond acceptors (Lipinski definition) is 5. The molecule has 3 N–H and O–H groups in total. The molecule has 0 aromatic heterocycles. The Bertz CT molecular complexity index is 816. The van der Waals surface area contributed by atoms with Gasteiger partial charge in [-0.15, -0.1) is 0 Å². The second-order valence-electron chi connectivity index (χ2n) is 10.0. The highest BCUT2D eigenvalue weighted by molar-refractivity contribution is 7.46. The fourth-order valence-electron chi connectivity index (χ4n) is 7.30. The third-order valence-electron chi connectivity index (χ3n) is 8.94. The van der Waals surface area contributed by atoms with E-state index in [4.69, 9.17) is 9.79 Å². The normalized spacial score (nSPS) is 44.5. The lowest BCUT2D eigenvalue weighted by Crippen LogP contribution is -2.58. The van der Waals surface area contributed by atoms with Crippen LogP contribution in [-0.2, 0) is 18.7 Å². The maximum absolute atomic E-state index is 12.8. The summed E-state index contributed by atoms with van der Waals surface area (Å²) in [6.45, 7) is 3.48. The lowest BCUT2D eigenvalue weighted by atomic mass is 9.46. The topological polar surface area (TPSA) is 121 Å². The van der Waals surface area contributed by atoms with Gasteiger partial charge in [0.1, 0.15) is 12.2 Å². The van der Waals surface area contributed by atoms with Gasteiger partial charge in [0.15, 0.2) is 11.6 Å². The fourth-order valence-corrected chi connectivity index (χ4v) is 7.58. The van der Waals surface area contributed by atoms with Crippen LogP contribution in [0.5, 0.6) is 0 Å². The molecule has 8 heteroatoms. The average Bonchev–Trinajstić information content (AvgIpc) is 2.92. The Morgan fingerprint density at radius 2 is 1.83 bits per heavy atom. The minimum atomic E-state index is -4.77. The molecule has 0 aromatic carbocycles.